The minimum Gasteiger partial charge on any atom is -0.317 e. The van der Waals surface area contributed by atoms with Gasteiger partial charge in [-0.05, 0) is 34.1 Å². The molecule has 1 aromatic heterocycles. The van der Waals surface area contributed by atoms with E-state index in [1.807, 2.05) is 0 Å². The lowest BCUT2D eigenvalue weighted by Crippen LogP contribution is -2.15. The van der Waals surface area contributed by atoms with Crippen LogP contribution in [0.3, 0.4) is 0 Å². The van der Waals surface area contributed by atoms with Gasteiger partial charge in [-0.3, -0.25) is 4.79 Å². The summed E-state index contributed by atoms with van der Waals surface area (Å²) in [5.41, 5.74) is -0.451. The van der Waals surface area contributed by atoms with E-state index in [0.717, 1.165) is 12.1 Å². The van der Waals surface area contributed by atoms with Crippen LogP contribution >= 0.6 is 15.9 Å². The highest BCUT2D eigenvalue weighted by Crippen LogP contribution is 2.27. The van der Waals surface area contributed by atoms with Crippen LogP contribution in [0.15, 0.2) is 34.8 Å². The monoisotopic (exact) mass is 330 g/mol. The molecule has 1 heterocycles. The topological polar surface area (TPSA) is 42.0 Å². The van der Waals surface area contributed by atoms with Gasteiger partial charge in [-0.2, -0.15) is 4.39 Å². The predicted octanol–water partition coefficient (Wildman–Crippen LogP) is 3.51. The Balaban J connectivity index is 2.29. The maximum atomic E-state index is 13.5. The van der Waals surface area contributed by atoms with E-state index < -0.39 is 23.5 Å². The van der Waals surface area contributed by atoms with Crippen molar-refractivity contribution >= 4 is 27.5 Å². The van der Waals surface area contributed by atoms with E-state index in [-0.39, 0.29) is 15.9 Å². The highest BCUT2D eigenvalue weighted by Gasteiger charge is 2.15. The first-order valence-electron chi connectivity index (χ1n) is 5.06. The number of hydrogen-bond donors (Lipinski definition) is 1. The van der Waals surface area contributed by atoms with Crippen LogP contribution in [0.25, 0.3) is 0 Å². The Morgan fingerprint density at radius 2 is 1.95 bits per heavy atom. The summed E-state index contributed by atoms with van der Waals surface area (Å²) >= 11 is 2.92. The lowest BCUT2D eigenvalue weighted by atomic mass is 10.2. The van der Waals surface area contributed by atoms with Crippen molar-refractivity contribution in [3.05, 3.63) is 58.1 Å². The Labute approximate surface area is 114 Å². The molecule has 0 bridgehead atoms. The van der Waals surface area contributed by atoms with Crippen LogP contribution in [0.2, 0.25) is 0 Å². The second kappa shape index (κ2) is 5.40. The number of carbonyl (C=O) groups excluding carboxylic acids is 1. The van der Waals surface area contributed by atoms with E-state index in [2.05, 4.69) is 26.2 Å². The number of nitrogens with zero attached hydrogens (tertiary/aromatic N) is 1. The quantitative estimate of drug-likeness (QED) is 0.856. The van der Waals surface area contributed by atoms with Crippen LogP contribution < -0.4 is 5.32 Å². The van der Waals surface area contributed by atoms with E-state index in [1.165, 1.54) is 12.1 Å². The highest BCUT2D eigenvalue weighted by molar-refractivity contribution is 9.10. The fraction of sp³-hybridized carbons (Fsp3) is 0. The van der Waals surface area contributed by atoms with Crippen molar-refractivity contribution in [2.24, 2.45) is 0 Å². The molecule has 0 saturated carbocycles. The summed E-state index contributed by atoms with van der Waals surface area (Å²) in [6, 6.07) is 5.27. The van der Waals surface area contributed by atoms with E-state index in [1.54, 1.807) is 0 Å². The van der Waals surface area contributed by atoms with Crippen LogP contribution in [0.1, 0.15) is 10.5 Å². The number of anilines is 1. The molecule has 0 saturated heterocycles. The average molecular weight is 331 g/mol. The highest BCUT2D eigenvalue weighted by atomic mass is 79.9. The summed E-state index contributed by atoms with van der Waals surface area (Å²) < 4.78 is 39.3. The molecule has 1 aromatic carbocycles. The summed E-state index contributed by atoms with van der Waals surface area (Å²) in [5.74, 6) is -3.36. The molecule has 0 aliphatic heterocycles. The van der Waals surface area contributed by atoms with Gasteiger partial charge < -0.3 is 5.32 Å². The van der Waals surface area contributed by atoms with Crippen molar-refractivity contribution in [1.82, 2.24) is 4.98 Å². The van der Waals surface area contributed by atoms with Crippen LogP contribution in [0, 0.1) is 17.6 Å². The van der Waals surface area contributed by atoms with Gasteiger partial charge in [-0.1, -0.05) is 6.07 Å². The largest absolute Gasteiger partial charge is 0.317 e. The summed E-state index contributed by atoms with van der Waals surface area (Å²) in [6.07, 6.45) is 0. The standard InChI is InChI=1S/C12H6BrF3N2O/c13-7-4-6(14)5-8(15)11(7)18-12(19)9-2-1-3-10(16)17-9/h1-5H,(H,18,19). The van der Waals surface area contributed by atoms with Crippen molar-refractivity contribution in [1.29, 1.82) is 0 Å². The lowest BCUT2D eigenvalue weighted by Gasteiger charge is -2.08. The molecule has 7 heteroatoms. The van der Waals surface area contributed by atoms with E-state index in [4.69, 9.17) is 0 Å². The van der Waals surface area contributed by atoms with E-state index in [0.29, 0.717) is 6.07 Å². The number of carbonyl (C=O) groups is 1. The second-order valence-electron chi connectivity index (χ2n) is 3.54. The van der Waals surface area contributed by atoms with Crippen molar-refractivity contribution in [3.8, 4) is 0 Å². The molecule has 0 aliphatic rings. The molecule has 0 aliphatic carbocycles. The van der Waals surface area contributed by atoms with Crippen LogP contribution in [-0.4, -0.2) is 10.9 Å². The average Bonchev–Trinajstić information content (AvgIpc) is 2.33. The first kappa shape index (κ1) is 13.5. The molecule has 98 valence electrons. The Morgan fingerprint density at radius 1 is 1.21 bits per heavy atom. The maximum Gasteiger partial charge on any atom is 0.274 e. The van der Waals surface area contributed by atoms with Crippen molar-refractivity contribution in [2.75, 3.05) is 5.32 Å². The minimum absolute atomic E-state index is 0.0368. The van der Waals surface area contributed by atoms with Crippen molar-refractivity contribution < 1.29 is 18.0 Å². The van der Waals surface area contributed by atoms with Gasteiger partial charge in [0.15, 0.2) is 5.82 Å². The number of pyridine rings is 1. The lowest BCUT2D eigenvalue weighted by molar-refractivity contribution is 0.102. The Morgan fingerprint density at radius 3 is 2.58 bits per heavy atom. The SMILES string of the molecule is O=C(Nc1c(F)cc(F)cc1Br)c1cccc(F)n1. The number of halogens is 4. The van der Waals surface area contributed by atoms with Gasteiger partial charge in [0.1, 0.15) is 11.5 Å². The zero-order chi connectivity index (χ0) is 14.0. The third-order valence-electron chi connectivity index (χ3n) is 2.19. The first-order chi connectivity index (χ1) is 8.97. The van der Waals surface area contributed by atoms with Gasteiger partial charge in [-0.25, -0.2) is 13.8 Å². The first-order valence-corrected chi connectivity index (χ1v) is 5.85. The molecule has 3 nitrogen and oxygen atoms in total. The van der Waals surface area contributed by atoms with Crippen molar-refractivity contribution in [2.45, 2.75) is 0 Å². The molecular formula is C12H6BrF3N2O. The van der Waals surface area contributed by atoms with E-state index >= 15 is 0 Å². The molecule has 1 amide bonds. The molecule has 2 rings (SSSR count). The zero-order valence-electron chi connectivity index (χ0n) is 9.25. The molecule has 19 heavy (non-hydrogen) atoms. The van der Waals surface area contributed by atoms with Crippen LogP contribution in [0.4, 0.5) is 18.9 Å². The summed E-state index contributed by atoms with van der Waals surface area (Å²) in [6.45, 7) is 0. The predicted molar refractivity (Wildman–Crippen MR) is 66.2 cm³/mol. The molecular weight excluding hydrogens is 325 g/mol. The third kappa shape index (κ3) is 3.11. The van der Waals surface area contributed by atoms with Crippen molar-refractivity contribution in [3.63, 3.8) is 0 Å². The Kier molecular flexibility index (Phi) is 3.84. The number of amides is 1. The normalized spacial score (nSPS) is 10.3. The maximum absolute atomic E-state index is 13.5. The van der Waals surface area contributed by atoms with Gasteiger partial charge >= 0.3 is 0 Å². The van der Waals surface area contributed by atoms with Gasteiger partial charge in [0.05, 0.1) is 5.69 Å². The molecule has 0 atom stereocenters. The fourth-order valence-corrected chi connectivity index (χ4v) is 1.88. The number of rotatable bonds is 2. The molecule has 2 aromatic rings. The Hall–Kier alpha value is -1.89. The molecule has 0 fully saturated rings. The number of benzene rings is 1. The van der Waals surface area contributed by atoms with Gasteiger partial charge in [0.25, 0.3) is 5.91 Å². The summed E-state index contributed by atoms with van der Waals surface area (Å²) in [7, 11) is 0. The molecule has 0 unspecified atom stereocenters. The van der Waals surface area contributed by atoms with Gasteiger partial charge in [0.2, 0.25) is 5.95 Å². The van der Waals surface area contributed by atoms with E-state index in [9.17, 15) is 18.0 Å². The summed E-state index contributed by atoms with van der Waals surface area (Å²) in [5, 5.41) is 2.19. The minimum atomic E-state index is -0.948. The second-order valence-corrected chi connectivity index (χ2v) is 4.40. The molecule has 1 N–H and O–H groups in total. The fourth-order valence-electron chi connectivity index (χ4n) is 1.37. The van der Waals surface area contributed by atoms with Gasteiger partial charge in [0, 0.05) is 10.5 Å². The number of nitrogens with one attached hydrogen (secondary N) is 1. The third-order valence-corrected chi connectivity index (χ3v) is 2.82. The van der Waals surface area contributed by atoms with Crippen LogP contribution in [-0.2, 0) is 0 Å². The summed E-state index contributed by atoms with van der Waals surface area (Å²) in [4.78, 5) is 15.1. The van der Waals surface area contributed by atoms with Gasteiger partial charge in [-0.15, -0.1) is 0 Å². The number of aromatic nitrogens is 1. The Bertz CT molecular complexity index is 626. The zero-order valence-corrected chi connectivity index (χ0v) is 10.8. The van der Waals surface area contributed by atoms with Crippen LogP contribution in [0.5, 0.6) is 0 Å². The molecule has 0 spiro atoms. The number of hydrogen-bond acceptors (Lipinski definition) is 2. The molecule has 0 radical (unpaired) electrons. The smallest absolute Gasteiger partial charge is 0.274 e.